The van der Waals surface area contributed by atoms with Gasteiger partial charge in [0.25, 0.3) is 0 Å². The summed E-state index contributed by atoms with van der Waals surface area (Å²) >= 11 is 0. The first kappa shape index (κ1) is 13.3. The van der Waals surface area contributed by atoms with E-state index in [0.717, 1.165) is 42.6 Å². The summed E-state index contributed by atoms with van der Waals surface area (Å²) in [5, 5.41) is 20.6. The molecule has 1 aliphatic carbocycles. The fraction of sp³-hybridized carbons (Fsp3) is 0.438. The van der Waals surface area contributed by atoms with Gasteiger partial charge in [0, 0.05) is 24.2 Å². The van der Waals surface area contributed by atoms with Crippen molar-refractivity contribution >= 4 is 0 Å². The van der Waals surface area contributed by atoms with Gasteiger partial charge in [0.05, 0.1) is 17.5 Å². The summed E-state index contributed by atoms with van der Waals surface area (Å²) in [6, 6.07) is 8.38. The molecule has 0 radical (unpaired) electrons. The Morgan fingerprint density at radius 1 is 1.40 bits per heavy atom. The molecule has 0 atom stereocenters. The SMILES string of the molecule is Cc1cccc(-c2[nH]ncc2CNCC2(O)CCC2)c1. The second-order valence-electron chi connectivity index (χ2n) is 5.82. The Kier molecular flexibility index (Phi) is 3.59. The molecule has 1 aromatic carbocycles. The summed E-state index contributed by atoms with van der Waals surface area (Å²) in [5.74, 6) is 0. The van der Waals surface area contributed by atoms with Gasteiger partial charge in [-0.15, -0.1) is 0 Å². The van der Waals surface area contributed by atoms with E-state index in [9.17, 15) is 5.11 Å². The number of aryl methyl sites for hydroxylation is 1. The number of H-pyrrole nitrogens is 1. The highest BCUT2D eigenvalue weighted by atomic mass is 16.3. The predicted octanol–water partition coefficient (Wildman–Crippen LogP) is 2.39. The summed E-state index contributed by atoms with van der Waals surface area (Å²) in [6.07, 6.45) is 4.82. The van der Waals surface area contributed by atoms with Crippen LogP contribution in [-0.2, 0) is 6.54 Å². The van der Waals surface area contributed by atoms with Gasteiger partial charge in [-0.1, -0.05) is 23.8 Å². The van der Waals surface area contributed by atoms with Gasteiger partial charge in [-0.05, 0) is 32.3 Å². The molecule has 1 saturated carbocycles. The van der Waals surface area contributed by atoms with Gasteiger partial charge >= 0.3 is 0 Å². The first-order chi connectivity index (χ1) is 9.66. The van der Waals surface area contributed by atoms with Crippen molar-refractivity contribution in [3.05, 3.63) is 41.6 Å². The lowest BCUT2D eigenvalue weighted by Crippen LogP contribution is -2.45. The highest BCUT2D eigenvalue weighted by Gasteiger charge is 2.33. The fourth-order valence-electron chi connectivity index (χ4n) is 2.69. The maximum atomic E-state index is 10.1. The summed E-state index contributed by atoms with van der Waals surface area (Å²) in [4.78, 5) is 0. The molecule has 0 unspecified atom stereocenters. The molecule has 4 nitrogen and oxygen atoms in total. The van der Waals surface area contributed by atoms with E-state index in [-0.39, 0.29) is 0 Å². The predicted molar refractivity (Wildman–Crippen MR) is 79.3 cm³/mol. The van der Waals surface area contributed by atoms with Crippen LogP contribution in [0.25, 0.3) is 11.3 Å². The average Bonchev–Trinajstić information content (AvgIpc) is 2.85. The quantitative estimate of drug-likeness (QED) is 0.782. The molecular formula is C16H21N3O. The van der Waals surface area contributed by atoms with Gasteiger partial charge in [-0.3, -0.25) is 5.10 Å². The van der Waals surface area contributed by atoms with Crippen molar-refractivity contribution in [3.8, 4) is 11.3 Å². The molecule has 0 amide bonds. The molecule has 3 N–H and O–H groups in total. The maximum absolute atomic E-state index is 10.1. The zero-order valence-electron chi connectivity index (χ0n) is 11.8. The molecule has 0 aliphatic heterocycles. The molecule has 0 bridgehead atoms. The zero-order chi connectivity index (χ0) is 14.0. The van der Waals surface area contributed by atoms with Crippen molar-refractivity contribution in [2.45, 2.75) is 38.3 Å². The van der Waals surface area contributed by atoms with Gasteiger partial charge < -0.3 is 10.4 Å². The third kappa shape index (κ3) is 2.76. The number of nitrogens with one attached hydrogen (secondary N) is 2. The molecule has 1 aromatic heterocycles. The number of aromatic amines is 1. The summed E-state index contributed by atoms with van der Waals surface area (Å²) in [7, 11) is 0. The van der Waals surface area contributed by atoms with Crippen LogP contribution in [0.1, 0.15) is 30.4 Å². The van der Waals surface area contributed by atoms with Crippen molar-refractivity contribution in [2.24, 2.45) is 0 Å². The van der Waals surface area contributed by atoms with Crippen molar-refractivity contribution in [1.29, 1.82) is 0 Å². The highest BCUT2D eigenvalue weighted by Crippen LogP contribution is 2.30. The van der Waals surface area contributed by atoms with Crippen molar-refractivity contribution in [2.75, 3.05) is 6.54 Å². The minimum Gasteiger partial charge on any atom is -0.389 e. The van der Waals surface area contributed by atoms with Crippen LogP contribution in [0.4, 0.5) is 0 Å². The Balaban J connectivity index is 1.67. The van der Waals surface area contributed by atoms with Gasteiger partial charge in [-0.2, -0.15) is 5.10 Å². The van der Waals surface area contributed by atoms with E-state index >= 15 is 0 Å². The lowest BCUT2D eigenvalue weighted by Gasteiger charge is -2.36. The number of aliphatic hydroxyl groups is 1. The number of rotatable bonds is 5. The Labute approximate surface area is 119 Å². The minimum atomic E-state index is -0.479. The summed E-state index contributed by atoms with van der Waals surface area (Å²) in [6.45, 7) is 3.47. The van der Waals surface area contributed by atoms with Crippen molar-refractivity contribution in [1.82, 2.24) is 15.5 Å². The second kappa shape index (κ2) is 5.38. The van der Waals surface area contributed by atoms with E-state index in [1.807, 2.05) is 6.20 Å². The monoisotopic (exact) mass is 271 g/mol. The maximum Gasteiger partial charge on any atom is 0.0771 e. The Bertz CT molecular complexity index is 587. The zero-order valence-corrected chi connectivity index (χ0v) is 11.8. The van der Waals surface area contributed by atoms with Crippen LogP contribution in [-0.4, -0.2) is 27.4 Å². The molecule has 2 aromatic rings. The third-order valence-electron chi connectivity index (χ3n) is 4.08. The standard InChI is InChI=1S/C16H21N3O/c1-12-4-2-5-13(8-12)15-14(10-18-19-15)9-17-11-16(20)6-3-7-16/h2,4-5,8,10,17,20H,3,6-7,9,11H2,1H3,(H,18,19). The molecule has 1 fully saturated rings. The fourth-order valence-corrected chi connectivity index (χ4v) is 2.69. The van der Waals surface area contributed by atoms with E-state index in [4.69, 9.17) is 0 Å². The molecule has 3 rings (SSSR count). The topological polar surface area (TPSA) is 60.9 Å². The van der Waals surface area contributed by atoms with Crippen molar-refractivity contribution in [3.63, 3.8) is 0 Å². The second-order valence-corrected chi connectivity index (χ2v) is 5.82. The van der Waals surface area contributed by atoms with Gasteiger partial charge in [0.15, 0.2) is 0 Å². The van der Waals surface area contributed by atoms with Crippen LogP contribution in [0.5, 0.6) is 0 Å². The number of benzene rings is 1. The highest BCUT2D eigenvalue weighted by molar-refractivity contribution is 5.63. The third-order valence-corrected chi connectivity index (χ3v) is 4.08. The van der Waals surface area contributed by atoms with Crippen LogP contribution in [0, 0.1) is 6.92 Å². The van der Waals surface area contributed by atoms with Gasteiger partial charge in [0.2, 0.25) is 0 Å². The number of aromatic nitrogens is 2. The smallest absolute Gasteiger partial charge is 0.0771 e. The minimum absolute atomic E-state index is 0.479. The van der Waals surface area contributed by atoms with Crippen LogP contribution in [0.3, 0.4) is 0 Å². The number of hydrogen-bond acceptors (Lipinski definition) is 3. The van der Waals surface area contributed by atoms with Gasteiger partial charge in [-0.25, -0.2) is 0 Å². The number of hydrogen-bond donors (Lipinski definition) is 3. The van der Waals surface area contributed by atoms with Crippen LogP contribution >= 0.6 is 0 Å². The molecule has 1 aliphatic rings. The van der Waals surface area contributed by atoms with Crippen LogP contribution in [0.15, 0.2) is 30.5 Å². The average molecular weight is 271 g/mol. The molecule has 1 heterocycles. The van der Waals surface area contributed by atoms with E-state index in [2.05, 4.69) is 46.7 Å². The van der Waals surface area contributed by atoms with Crippen molar-refractivity contribution < 1.29 is 5.11 Å². The molecule has 0 spiro atoms. The lowest BCUT2D eigenvalue weighted by molar-refractivity contribution is -0.0314. The van der Waals surface area contributed by atoms with Crippen LogP contribution < -0.4 is 5.32 Å². The first-order valence-electron chi connectivity index (χ1n) is 7.19. The first-order valence-corrected chi connectivity index (χ1v) is 7.19. The lowest BCUT2D eigenvalue weighted by atomic mass is 9.80. The van der Waals surface area contributed by atoms with E-state index in [0.29, 0.717) is 6.54 Å². The molecule has 0 saturated heterocycles. The van der Waals surface area contributed by atoms with E-state index < -0.39 is 5.60 Å². The molecule has 106 valence electrons. The Hall–Kier alpha value is -1.65. The Morgan fingerprint density at radius 3 is 2.95 bits per heavy atom. The summed E-state index contributed by atoms with van der Waals surface area (Å²) < 4.78 is 0. The molecule has 4 heteroatoms. The Morgan fingerprint density at radius 2 is 2.25 bits per heavy atom. The van der Waals surface area contributed by atoms with E-state index in [1.165, 1.54) is 5.56 Å². The molecule has 20 heavy (non-hydrogen) atoms. The normalized spacial score (nSPS) is 16.9. The van der Waals surface area contributed by atoms with Crippen LogP contribution in [0.2, 0.25) is 0 Å². The number of nitrogens with zero attached hydrogens (tertiary/aromatic N) is 1. The largest absolute Gasteiger partial charge is 0.389 e. The summed E-state index contributed by atoms with van der Waals surface area (Å²) in [5.41, 5.74) is 4.11. The molecular weight excluding hydrogens is 250 g/mol. The van der Waals surface area contributed by atoms with Gasteiger partial charge in [0.1, 0.15) is 0 Å². The van der Waals surface area contributed by atoms with E-state index in [1.54, 1.807) is 0 Å².